The number of aromatic nitrogens is 2. The Morgan fingerprint density at radius 3 is 1.71 bits per heavy atom. The summed E-state index contributed by atoms with van der Waals surface area (Å²) < 4.78 is 62.3. The molecule has 68 heavy (non-hydrogen) atoms. The second-order valence-corrected chi connectivity index (χ2v) is 24.4. The molecule has 2 aliphatic heterocycles. The fourth-order valence-electron chi connectivity index (χ4n) is 7.67. The van der Waals surface area contributed by atoms with Crippen molar-refractivity contribution in [3.8, 4) is 28.7 Å². The van der Waals surface area contributed by atoms with E-state index in [1.165, 1.54) is 55.8 Å². The van der Waals surface area contributed by atoms with Gasteiger partial charge in [-0.2, -0.15) is 8.42 Å². The van der Waals surface area contributed by atoms with Gasteiger partial charge in [-0.1, -0.05) is 52.0 Å². The van der Waals surface area contributed by atoms with Crippen molar-refractivity contribution in [1.29, 1.82) is 0 Å². The third kappa shape index (κ3) is 11.1. The highest BCUT2D eigenvalue weighted by Crippen LogP contribution is 2.41. The van der Waals surface area contributed by atoms with Crippen molar-refractivity contribution >= 4 is 41.8 Å². The lowest BCUT2D eigenvalue weighted by molar-refractivity contribution is -0.385. The molecule has 2 saturated heterocycles. The van der Waals surface area contributed by atoms with E-state index in [9.17, 15) is 38.2 Å². The molecule has 2 aliphatic rings. The molecule has 2 amide bonds. The number of carbonyl (C=O) groups is 2. The highest BCUT2D eigenvalue weighted by atomic mass is 32.2. The van der Waals surface area contributed by atoms with E-state index in [2.05, 4.69) is 52.0 Å². The molecule has 0 aliphatic carbocycles. The van der Waals surface area contributed by atoms with Crippen LogP contribution >= 0.6 is 0 Å². The quantitative estimate of drug-likeness (QED) is 0.0374. The molecular weight excluding hydrogens is 921 g/mol. The molecule has 0 unspecified atom stereocenters. The molecule has 4 aromatic rings. The molecule has 3 heterocycles. The van der Waals surface area contributed by atoms with E-state index in [4.69, 9.17) is 27.6 Å². The standard InChI is InChI=1S/C46H56N6O14SSi/c1-11-33-14-29(2)23-49(33)44(53)36-19-40(61-7)42(21-38(36)51(55)56)63-25-31-16-32(18-35(17-31)66-67(59,60)48-13-12-47-28-48)26-64-43-22-39(52(57)58)37(20-41(43)62-8)45(54)50-24-30(3)15-34(50)27-65-68(9,10)46(4,5)6/h12-13,16-22,28,33-34H,2-3,11,14-15,23-27H2,1,4-10H3/t33-,34+/m1/s1. The summed E-state index contributed by atoms with van der Waals surface area (Å²) in [6.07, 6.45) is 5.12. The summed E-state index contributed by atoms with van der Waals surface area (Å²) in [6, 6.07) is 8.36. The van der Waals surface area contributed by atoms with Crippen LogP contribution in [0, 0.1) is 20.2 Å². The number of likely N-dealkylation sites (tertiary alicyclic amines) is 2. The molecule has 0 saturated carbocycles. The summed E-state index contributed by atoms with van der Waals surface area (Å²) in [5.74, 6) is -1.55. The van der Waals surface area contributed by atoms with Crippen LogP contribution in [0.5, 0.6) is 28.7 Å². The van der Waals surface area contributed by atoms with Crippen molar-refractivity contribution in [3.63, 3.8) is 0 Å². The second-order valence-electron chi connectivity index (χ2n) is 18.1. The number of nitro groups is 2. The maximum absolute atomic E-state index is 14.2. The number of nitro benzene ring substituents is 2. The number of imidazole rings is 1. The summed E-state index contributed by atoms with van der Waals surface area (Å²) in [5.41, 5.74) is 0.689. The number of hydrogen-bond donors (Lipinski definition) is 0. The molecule has 6 rings (SSSR count). The zero-order valence-electron chi connectivity index (χ0n) is 39.3. The van der Waals surface area contributed by atoms with Gasteiger partial charge >= 0.3 is 10.3 Å². The predicted molar refractivity (Wildman–Crippen MR) is 252 cm³/mol. The van der Waals surface area contributed by atoms with Crippen molar-refractivity contribution < 1.29 is 55.4 Å². The Bertz CT molecular complexity index is 2740. The van der Waals surface area contributed by atoms with Gasteiger partial charge in [-0.05, 0) is 66.7 Å². The highest BCUT2D eigenvalue weighted by molar-refractivity contribution is 7.85. The normalized spacial score (nSPS) is 16.5. The molecule has 0 spiro atoms. The van der Waals surface area contributed by atoms with Gasteiger partial charge in [-0.3, -0.25) is 29.8 Å². The largest absolute Gasteiger partial charge is 0.493 e. The monoisotopic (exact) mass is 976 g/mol. The number of nitrogens with zero attached hydrogens (tertiary/aromatic N) is 6. The van der Waals surface area contributed by atoms with E-state index in [0.29, 0.717) is 19.3 Å². The lowest BCUT2D eigenvalue weighted by Crippen LogP contribution is -2.46. The van der Waals surface area contributed by atoms with Crippen LogP contribution < -0.4 is 23.1 Å². The molecule has 0 radical (unpaired) electrons. The Balaban J connectivity index is 1.29. The summed E-state index contributed by atoms with van der Waals surface area (Å²) >= 11 is 0. The van der Waals surface area contributed by atoms with Crippen LogP contribution in [0.15, 0.2) is 85.5 Å². The molecule has 20 nitrogen and oxygen atoms in total. The topological polar surface area (TPSA) is 234 Å². The molecule has 1 aromatic heterocycles. The van der Waals surface area contributed by atoms with Crippen molar-refractivity contribution in [2.24, 2.45) is 0 Å². The number of ether oxygens (including phenoxy) is 4. The molecule has 0 bridgehead atoms. The third-order valence-electron chi connectivity index (χ3n) is 12.3. The van der Waals surface area contributed by atoms with Gasteiger partial charge in [-0.25, -0.2) is 8.96 Å². The molecule has 364 valence electrons. The lowest BCUT2D eigenvalue weighted by Gasteiger charge is -2.38. The maximum atomic E-state index is 14.2. The summed E-state index contributed by atoms with van der Waals surface area (Å²) in [5, 5.41) is 24.9. The lowest BCUT2D eigenvalue weighted by atomic mass is 10.1. The smallest absolute Gasteiger partial charge is 0.414 e. The number of carbonyl (C=O) groups excluding carboxylic acids is 2. The van der Waals surface area contributed by atoms with E-state index >= 15 is 0 Å². The zero-order chi connectivity index (χ0) is 49.9. The van der Waals surface area contributed by atoms with Crippen molar-refractivity contribution in [2.75, 3.05) is 33.9 Å². The maximum Gasteiger partial charge on any atom is 0.414 e. The minimum absolute atomic E-state index is 0.000176. The van der Waals surface area contributed by atoms with Crippen molar-refractivity contribution in [1.82, 2.24) is 18.8 Å². The number of hydrogen-bond acceptors (Lipinski definition) is 15. The van der Waals surface area contributed by atoms with Gasteiger partial charge in [-0.15, -0.1) is 0 Å². The van der Waals surface area contributed by atoms with E-state index in [1.54, 1.807) is 11.0 Å². The van der Waals surface area contributed by atoms with Gasteiger partial charge in [0, 0.05) is 43.7 Å². The van der Waals surface area contributed by atoms with Gasteiger partial charge in [0.25, 0.3) is 23.2 Å². The Hall–Kier alpha value is -6.78. The van der Waals surface area contributed by atoms with Crippen LogP contribution in [0.2, 0.25) is 18.1 Å². The Labute approximate surface area is 395 Å². The van der Waals surface area contributed by atoms with Gasteiger partial charge in [0.05, 0.1) is 48.8 Å². The summed E-state index contributed by atoms with van der Waals surface area (Å²) in [7, 11) is -4.05. The van der Waals surface area contributed by atoms with Gasteiger partial charge in [0.2, 0.25) is 0 Å². The fraction of sp³-hybridized carbons (Fsp3) is 0.413. The number of benzene rings is 3. The molecule has 22 heteroatoms. The van der Waals surface area contributed by atoms with E-state index < -0.39 is 57.7 Å². The SMILES string of the molecule is C=C1C[C@@H](CC)N(C(=O)c2cc(OC)c(OCc3cc(COc4cc([N+](=O)[O-])c(C(=O)N5CC(=C)C[C@H]5CO[Si](C)(C)C(C)(C)C)cc4OC)cc(OS(=O)(=O)n4ccnc4)c3)cc2[N+](=O)[O-])C1. The fourth-order valence-corrected chi connectivity index (χ4v) is 9.51. The minimum Gasteiger partial charge on any atom is -0.493 e. The van der Waals surface area contributed by atoms with Crippen molar-refractivity contribution in [3.05, 3.63) is 128 Å². The van der Waals surface area contributed by atoms with E-state index in [-0.39, 0.29) is 95.0 Å². The van der Waals surface area contributed by atoms with Crippen molar-refractivity contribution in [2.45, 2.75) is 90.4 Å². The average Bonchev–Trinajstić information content (AvgIpc) is 4.06. The number of amides is 2. The van der Waals surface area contributed by atoms with Gasteiger partial charge in [0.1, 0.15) is 36.4 Å². The van der Waals surface area contributed by atoms with Gasteiger partial charge in [0.15, 0.2) is 31.3 Å². The first-order chi connectivity index (χ1) is 32.0. The molecular formula is C46H56N6O14SSi. The first kappa shape index (κ1) is 50.6. The second kappa shape index (κ2) is 20.2. The Morgan fingerprint density at radius 2 is 1.28 bits per heavy atom. The zero-order valence-corrected chi connectivity index (χ0v) is 41.1. The molecule has 3 aromatic carbocycles. The highest BCUT2D eigenvalue weighted by Gasteiger charge is 2.41. The Morgan fingerprint density at radius 1 is 0.794 bits per heavy atom. The summed E-state index contributed by atoms with van der Waals surface area (Å²) in [6.45, 7) is 20.5. The first-order valence-electron chi connectivity index (χ1n) is 21.6. The van der Waals surface area contributed by atoms with Crippen LogP contribution in [0.25, 0.3) is 0 Å². The minimum atomic E-state index is -4.47. The first-order valence-corrected chi connectivity index (χ1v) is 25.9. The third-order valence-corrected chi connectivity index (χ3v) is 18.0. The molecule has 2 atom stereocenters. The number of rotatable bonds is 19. The van der Waals surface area contributed by atoms with E-state index in [1.807, 2.05) is 6.92 Å². The van der Waals surface area contributed by atoms with Crippen LogP contribution in [0.4, 0.5) is 11.4 Å². The average molecular weight is 977 g/mol. The van der Waals surface area contributed by atoms with Crippen LogP contribution in [0.3, 0.4) is 0 Å². The Kier molecular flexibility index (Phi) is 15.0. The van der Waals surface area contributed by atoms with E-state index in [0.717, 1.165) is 33.6 Å². The summed E-state index contributed by atoms with van der Waals surface area (Å²) in [4.78, 5) is 58.3. The predicted octanol–water partition coefficient (Wildman–Crippen LogP) is 8.02. The molecule has 2 fully saturated rings. The van der Waals surface area contributed by atoms with Gasteiger partial charge < -0.3 is 37.4 Å². The number of methoxy groups -OCH3 is 2. The molecule has 0 N–H and O–H groups in total. The van der Waals surface area contributed by atoms with Crippen LogP contribution in [0.1, 0.15) is 78.8 Å². The van der Waals surface area contributed by atoms with Crippen LogP contribution in [-0.2, 0) is 27.9 Å². The van der Waals surface area contributed by atoms with Crippen LogP contribution in [-0.4, -0.2) is 103 Å².